The number of nitrogens with one attached hydrogen (secondary N) is 1. The first-order valence-corrected chi connectivity index (χ1v) is 8.91. The van der Waals surface area contributed by atoms with Gasteiger partial charge in [0.25, 0.3) is 0 Å². The van der Waals surface area contributed by atoms with Crippen molar-refractivity contribution in [3.63, 3.8) is 0 Å². The highest BCUT2D eigenvalue weighted by Gasteiger charge is 2.19. The van der Waals surface area contributed by atoms with Crippen molar-refractivity contribution >= 4 is 17.8 Å². The Morgan fingerprint density at radius 3 is 2.29 bits per heavy atom. The lowest BCUT2D eigenvalue weighted by Gasteiger charge is -2.22. The van der Waals surface area contributed by atoms with Crippen molar-refractivity contribution in [1.82, 2.24) is 10.2 Å². The summed E-state index contributed by atoms with van der Waals surface area (Å²) in [4.78, 5) is 36.9. The Morgan fingerprint density at radius 1 is 1.07 bits per heavy atom. The average molecular weight is 386 g/mol. The summed E-state index contributed by atoms with van der Waals surface area (Å²) >= 11 is 0. The highest BCUT2D eigenvalue weighted by atomic mass is 19.1. The molecule has 0 bridgehead atoms. The van der Waals surface area contributed by atoms with Crippen molar-refractivity contribution in [2.75, 3.05) is 6.54 Å². The van der Waals surface area contributed by atoms with Crippen LogP contribution >= 0.6 is 0 Å². The fraction of sp³-hybridized carbons (Fsp3) is 0.286. The topological polar surface area (TPSA) is 86.7 Å². The number of amides is 2. The van der Waals surface area contributed by atoms with Crippen molar-refractivity contribution < 1.29 is 23.9 Å². The zero-order valence-electron chi connectivity index (χ0n) is 15.6. The number of hydrogen-bond acceptors (Lipinski definition) is 3. The second-order valence-corrected chi connectivity index (χ2v) is 6.45. The molecule has 0 aliphatic heterocycles. The van der Waals surface area contributed by atoms with E-state index in [9.17, 15) is 18.8 Å². The molecule has 0 aliphatic carbocycles. The van der Waals surface area contributed by atoms with Crippen molar-refractivity contribution in [1.29, 1.82) is 0 Å². The van der Waals surface area contributed by atoms with Crippen molar-refractivity contribution in [2.24, 2.45) is 0 Å². The maximum absolute atomic E-state index is 13.1. The second kappa shape index (κ2) is 10.2. The molecule has 2 amide bonds. The molecule has 0 radical (unpaired) electrons. The highest BCUT2D eigenvalue weighted by molar-refractivity contribution is 5.79. The lowest BCUT2D eigenvalue weighted by Crippen LogP contribution is -2.35. The minimum atomic E-state index is -1.08. The fourth-order valence-corrected chi connectivity index (χ4v) is 2.78. The molecule has 0 aliphatic rings. The van der Waals surface area contributed by atoms with E-state index in [1.165, 1.54) is 31.2 Å². The molecule has 0 aromatic heterocycles. The van der Waals surface area contributed by atoms with Gasteiger partial charge < -0.3 is 15.3 Å². The van der Waals surface area contributed by atoms with Crippen LogP contribution in [-0.4, -0.2) is 34.3 Å². The number of benzene rings is 2. The third-order valence-electron chi connectivity index (χ3n) is 4.26. The van der Waals surface area contributed by atoms with Gasteiger partial charge in [-0.15, -0.1) is 0 Å². The van der Waals surface area contributed by atoms with E-state index in [0.29, 0.717) is 12.1 Å². The summed E-state index contributed by atoms with van der Waals surface area (Å²) in [7, 11) is 0. The highest BCUT2D eigenvalue weighted by Crippen LogP contribution is 2.18. The molecule has 2 N–H and O–H groups in total. The minimum Gasteiger partial charge on any atom is -0.481 e. The number of carboxylic acid groups (broad SMARTS) is 1. The molecule has 2 aromatic rings. The molecular formula is C21H23FN2O4. The molecule has 148 valence electrons. The molecule has 7 heteroatoms. The smallest absolute Gasteiger partial charge is 0.305 e. The summed E-state index contributed by atoms with van der Waals surface area (Å²) in [6, 6.07) is 14.0. The first-order valence-electron chi connectivity index (χ1n) is 8.91. The minimum absolute atomic E-state index is 0.0315. The Labute approximate surface area is 163 Å². The first kappa shape index (κ1) is 21.1. The molecule has 2 aromatic carbocycles. The van der Waals surface area contributed by atoms with Gasteiger partial charge in [-0.1, -0.05) is 42.5 Å². The molecule has 0 spiro atoms. The lowest BCUT2D eigenvalue weighted by atomic mass is 10.0. The monoisotopic (exact) mass is 386 g/mol. The number of aliphatic carboxylic acids is 1. The molecule has 0 saturated carbocycles. The Balaban J connectivity index is 1.97. The number of nitrogens with zero attached hydrogens (tertiary/aromatic N) is 1. The predicted molar refractivity (Wildman–Crippen MR) is 102 cm³/mol. The third kappa shape index (κ3) is 6.83. The number of carbonyl (C=O) groups excluding carboxylic acids is 2. The van der Waals surface area contributed by atoms with E-state index in [2.05, 4.69) is 5.32 Å². The quantitative estimate of drug-likeness (QED) is 0.694. The van der Waals surface area contributed by atoms with Gasteiger partial charge in [0.1, 0.15) is 5.82 Å². The van der Waals surface area contributed by atoms with Crippen LogP contribution < -0.4 is 5.32 Å². The maximum atomic E-state index is 13.1. The number of hydrogen-bond donors (Lipinski definition) is 2. The van der Waals surface area contributed by atoms with E-state index in [1.807, 2.05) is 30.3 Å². The largest absolute Gasteiger partial charge is 0.481 e. The zero-order valence-corrected chi connectivity index (χ0v) is 15.6. The zero-order chi connectivity index (χ0) is 20.5. The summed E-state index contributed by atoms with van der Waals surface area (Å²) in [5.74, 6) is -2.06. The summed E-state index contributed by atoms with van der Waals surface area (Å²) in [5.41, 5.74) is 1.46. The molecule has 6 nitrogen and oxygen atoms in total. The summed E-state index contributed by atoms with van der Waals surface area (Å²) in [6.07, 6.45) is -0.290. The van der Waals surface area contributed by atoms with Crippen LogP contribution in [0.15, 0.2) is 54.6 Å². The summed E-state index contributed by atoms with van der Waals surface area (Å²) < 4.78 is 13.1. The van der Waals surface area contributed by atoms with Crippen LogP contribution in [0.2, 0.25) is 0 Å². The van der Waals surface area contributed by atoms with Crippen molar-refractivity contribution in [2.45, 2.75) is 32.4 Å². The van der Waals surface area contributed by atoms with Gasteiger partial charge in [-0.2, -0.15) is 0 Å². The van der Waals surface area contributed by atoms with Gasteiger partial charge in [0.05, 0.1) is 12.5 Å². The van der Waals surface area contributed by atoms with Crippen LogP contribution in [0.25, 0.3) is 0 Å². The summed E-state index contributed by atoms with van der Waals surface area (Å²) in [5, 5.41) is 11.8. The molecular weight excluding hydrogens is 363 g/mol. The van der Waals surface area contributed by atoms with Gasteiger partial charge >= 0.3 is 5.97 Å². The van der Waals surface area contributed by atoms with Crippen molar-refractivity contribution in [3.8, 4) is 0 Å². The predicted octanol–water partition coefficient (Wildman–Crippen LogP) is 2.90. The van der Waals surface area contributed by atoms with Crippen LogP contribution in [0.5, 0.6) is 0 Å². The number of halogens is 1. The molecule has 0 heterocycles. The molecule has 2 rings (SSSR count). The number of carbonyl (C=O) groups is 3. The van der Waals surface area contributed by atoms with E-state index in [-0.39, 0.29) is 31.2 Å². The van der Waals surface area contributed by atoms with Gasteiger partial charge in [-0.05, 0) is 23.3 Å². The van der Waals surface area contributed by atoms with Gasteiger partial charge in [0.2, 0.25) is 11.8 Å². The Hall–Kier alpha value is -3.22. The van der Waals surface area contributed by atoms with E-state index in [4.69, 9.17) is 5.11 Å². The number of carboxylic acids is 1. The molecule has 0 saturated heterocycles. The Morgan fingerprint density at radius 2 is 1.71 bits per heavy atom. The van der Waals surface area contributed by atoms with Gasteiger partial charge in [0, 0.05) is 26.4 Å². The van der Waals surface area contributed by atoms with Crippen LogP contribution in [-0.2, 0) is 20.9 Å². The average Bonchev–Trinajstić information content (AvgIpc) is 2.65. The molecule has 28 heavy (non-hydrogen) atoms. The van der Waals surface area contributed by atoms with E-state index < -0.39 is 17.8 Å². The SMILES string of the molecule is CC(=O)N(CCC(=O)NC(CC(=O)O)c1ccc(F)cc1)Cc1ccccc1. The fourth-order valence-electron chi connectivity index (χ4n) is 2.78. The van der Waals surface area contributed by atoms with Gasteiger partial charge in [-0.3, -0.25) is 14.4 Å². The lowest BCUT2D eigenvalue weighted by molar-refractivity contribution is -0.137. The second-order valence-electron chi connectivity index (χ2n) is 6.45. The van der Waals surface area contributed by atoms with Gasteiger partial charge in [0.15, 0.2) is 0 Å². The van der Waals surface area contributed by atoms with Crippen LogP contribution in [0.1, 0.15) is 36.9 Å². The third-order valence-corrected chi connectivity index (χ3v) is 4.26. The Bertz CT molecular complexity index is 809. The van der Waals surface area contributed by atoms with E-state index in [0.717, 1.165) is 5.56 Å². The standard InChI is InChI=1S/C21H23FN2O4/c1-15(25)24(14-16-5-3-2-4-6-16)12-11-20(26)23-19(13-21(27)28)17-7-9-18(22)10-8-17/h2-10,19H,11-14H2,1H3,(H,23,26)(H,27,28). The number of rotatable bonds is 9. The molecule has 1 unspecified atom stereocenters. The Kier molecular flexibility index (Phi) is 7.68. The van der Waals surface area contributed by atoms with Crippen molar-refractivity contribution in [3.05, 3.63) is 71.5 Å². The van der Waals surface area contributed by atoms with Crippen LogP contribution in [0, 0.1) is 5.82 Å². The van der Waals surface area contributed by atoms with Gasteiger partial charge in [-0.25, -0.2) is 4.39 Å². The summed E-state index contributed by atoms with van der Waals surface area (Å²) in [6.45, 7) is 2.03. The normalized spacial score (nSPS) is 11.5. The molecule has 1 atom stereocenters. The maximum Gasteiger partial charge on any atom is 0.305 e. The first-order chi connectivity index (χ1) is 13.3. The van der Waals surface area contributed by atoms with E-state index in [1.54, 1.807) is 4.90 Å². The van der Waals surface area contributed by atoms with E-state index >= 15 is 0 Å². The molecule has 0 fully saturated rings. The van der Waals surface area contributed by atoms with Crippen LogP contribution in [0.4, 0.5) is 4.39 Å². The van der Waals surface area contributed by atoms with Crippen LogP contribution in [0.3, 0.4) is 0 Å².